The molecular formula is C9H7FO2. The van der Waals surface area contributed by atoms with Gasteiger partial charge in [-0.05, 0) is 19.1 Å². The van der Waals surface area contributed by atoms with Crippen molar-refractivity contribution in [3.63, 3.8) is 0 Å². The minimum Gasteiger partial charge on any atom is -0.454 e. The predicted molar refractivity (Wildman–Crippen MR) is 40.2 cm³/mol. The second-order valence-electron chi connectivity index (χ2n) is 2.78. The van der Waals surface area contributed by atoms with Crippen molar-refractivity contribution in [1.82, 2.24) is 0 Å². The van der Waals surface area contributed by atoms with Crippen LogP contribution in [0.5, 0.6) is 0 Å². The average molecular weight is 166 g/mol. The number of rotatable bonds is 0. The number of benzene rings is 1. The molecule has 2 rings (SSSR count). The van der Waals surface area contributed by atoms with Crippen LogP contribution in [0.25, 0.3) is 0 Å². The van der Waals surface area contributed by atoms with Crippen molar-refractivity contribution in [3.05, 3.63) is 35.1 Å². The molecule has 1 aliphatic rings. The van der Waals surface area contributed by atoms with Crippen LogP contribution in [0.4, 0.5) is 4.39 Å². The topological polar surface area (TPSA) is 26.3 Å². The number of esters is 1. The highest BCUT2D eigenvalue weighted by Gasteiger charge is 2.27. The van der Waals surface area contributed by atoms with Crippen molar-refractivity contribution >= 4 is 5.97 Å². The number of carbonyl (C=O) groups is 1. The first-order valence-electron chi connectivity index (χ1n) is 3.69. The lowest BCUT2D eigenvalue weighted by Gasteiger charge is -2.00. The number of hydrogen-bond donors (Lipinski definition) is 0. The quantitative estimate of drug-likeness (QED) is 0.551. The minimum atomic E-state index is -0.433. The zero-order valence-corrected chi connectivity index (χ0v) is 6.50. The molecule has 0 spiro atoms. The van der Waals surface area contributed by atoms with Gasteiger partial charge >= 0.3 is 5.97 Å². The van der Waals surface area contributed by atoms with Gasteiger partial charge in [-0.1, -0.05) is 6.07 Å². The van der Waals surface area contributed by atoms with Crippen LogP contribution < -0.4 is 0 Å². The Labute approximate surface area is 69.0 Å². The summed E-state index contributed by atoms with van der Waals surface area (Å²) >= 11 is 0. The van der Waals surface area contributed by atoms with Crippen LogP contribution in [-0.2, 0) is 4.74 Å². The number of cyclic esters (lactones) is 1. The first-order valence-corrected chi connectivity index (χ1v) is 3.69. The summed E-state index contributed by atoms with van der Waals surface area (Å²) in [5, 5.41) is 0. The van der Waals surface area contributed by atoms with Gasteiger partial charge in [0, 0.05) is 5.56 Å². The number of hydrogen-bond acceptors (Lipinski definition) is 2. The van der Waals surface area contributed by atoms with E-state index in [4.69, 9.17) is 4.74 Å². The molecule has 0 unspecified atom stereocenters. The summed E-state index contributed by atoms with van der Waals surface area (Å²) in [5.74, 6) is -0.836. The van der Waals surface area contributed by atoms with Crippen LogP contribution in [0, 0.1) is 5.82 Å². The molecule has 0 bridgehead atoms. The van der Waals surface area contributed by atoms with E-state index in [1.807, 2.05) is 0 Å². The molecular weight excluding hydrogens is 159 g/mol. The molecule has 1 aromatic carbocycles. The van der Waals surface area contributed by atoms with E-state index >= 15 is 0 Å². The number of halogens is 1. The smallest absolute Gasteiger partial charge is 0.339 e. The molecule has 0 saturated heterocycles. The SMILES string of the molecule is C[C@@H]1OC(=O)c2cc(F)ccc21. The lowest BCUT2D eigenvalue weighted by atomic mass is 10.1. The summed E-state index contributed by atoms with van der Waals surface area (Å²) in [4.78, 5) is 11.0. The van der Waals surface area contributed by atoms with Crippen molar-refractivity contribution in [2.45, 2.75) is 13.0 Å². The third kappa shape index (κ3) is 0.897. The van der Waals surface area contributed by atoms with Gasteiger partial charge in [-0.2, -0.15) is 0 Å². The van der Waals surface area contributed by atoms with Gasteiger partial charge in [0.15, 0.2) is 0 Å². The maximum atomic E-state index is 12.7. The zero-order valence-electron chi connectivity index (χ0n) is 6.50. The van der Waals surface area contributed by atoms with E-state index in [2.05, 4.69) is 0 Å². The second-order valence-corrected chi connectivity index (χ2v) is 2.78. The molecule has 1 atom stereocenters. The van der Waals surface area contributed by atoms with Gasteiger partial charge in [-0.3, -0.25) is 0 Å². The highest BCUT2D eigenvalue weighted by atomic mass is 19.1. The van der Waals surface area contributed by atoms with Crippen LogP contribution in [0.3, 0.4) is 0 Å². The Morgan fingerprint density at radius 3 is 3.00 bits per heavy atom. The van der Waals surface area contributed by atoms with Gasteiger partial charge in [0.25, 0.3) is 0 Å². The molecule has 1 heterocycles. The molecule has 62 valence electrons. The summed E-state index contributed by atoms with van der Waals surface area (Å²) in [6, 6.07) is 4.12. The molecule has 0 amide bonds. The fourth-order valence-corrected chi connectivity index (χ4v) is 1.35. The summed E-state index contributed by atoms with van der Waals surface area (Å²) in [6.45, 7) is 1.77. The average Bonchev–Trinajstić information content (AvgIpc) is 2.28. The molecule has 1 aliphatic heterocycles. The van der Waals surface area contributed by atoms with Crippen LogP contribution in [-0.4, -0.2) is 5.97 Å². The first-order chi connectivity index (χ1) is 5.68. The standard InChI is InChI=1S/C9H7FO2/c1-5-7-3-2-6(10)4-8(7)9(11)12-5/h2-5H,1H3/t5-/m0/s1. The van der Waals surface area contributed by atoms with Crippen LogP contribution in [0.15, 0.2) is 18.2 Å². The van der Waals surface area contributed by atoms with E-state index in [9.17, 15) is 9.18 Å². The van der Waals surface area contributed by atoms with Crippen molar-refractivity contribution in [2.75, 3.05) is 0 Å². The van der Waals surface area contributed by atoms with E-state index in [-0.39, 0.29) is 6.10 Å². The normalized spacial score (nSPS) is 20.5. The number of ether oxygens (including phenoxy) is 1. The van der Waals surface area contributed by atoms with E-state index < -0.39 is 11.8 Å². The number of fused-ring (bicyclic) bond motifs is 1. The Hall–Kier alpha value is -1.38. The lowest BCUT2D eigenvalue weighted by Crippen LogP contribution is -1.94. The van der Waals surface area contributed by atoms with Crippen molar-refractivity contribution in [3.8, 4) is 0 Å². The van der Waals surface area contributed by atoms with Crippen LogP contribution in [0.2, 0.25) is 0 Å². The fraction of sp³-hybridized carbons (Fsp3) is 0.222. The largest absolute Gasteiger partial charge is 0.454 e. The summed E-state index contributed by atoms with van der Waals surface area (Å²) in [7, 11) is 0. The van der Waals surface area contributed by atoms with Gasteiger partial charge in [0.2, 0.25) is 0 Å². The highest BCUT2D eigenvalue weighted by Crippen LogP contribution is 2.29. The van der Waals surface area contributed by atoms with Gasteiger partial charge < -0.3 is 4.74 Å². The monoisotopic (exact) mass is 166 g/mol. The molecule has 0 aliphatic carbocycles. The maximum absolute atomic E-state index is 12.7. The van der Waals surface area contributed by atoms with E-state index in [0.29, 0.717) is 5.56 Å². The third-order valence-electron chi connectivity index (χ3n) is 1.96. The Morgan fingerprint density at radius 1 is 1.50 bits per heavy atom. The molecule has 0 radical (unpaired) electrons. The molecule has 0 aromatic heterocycles. The van der Waals surface area contributed by atoms with E-state index in [1.54, 1.807) is 13.0 Å². The highest BCUT2D eigenvalue weighted by molar-refractivity contribution is 5.93. The van der Waals surface area contributed by atoms with Crippen molar-refractivity contribution < 1.29 is 13.9 Å². The lowest BCUT2D eigenvalue weighted by molar-refractivity contribution is 0.0421. The van der Waals surface area contributed by atoms with Crippen LogP contribution >= 0.6 is 0 Å². The molecule has 12 heavy (non-hydrogen) atoms. The third-order valence-corrected chi connectivity index (χ3v) is 1.96. The fourth-order valence-electron chi connectivity index (χ4n) is 1.35. The Morgan fingerprint density at radius 2 is 2.25 bits per heavy atom. The Kier molecular flexibility index (Phi) is 1.40. The van der Waals surface area contributed by atoms with E-state index in [0.717, 1.165) is 5.56 Å². The molecule has 0 N–H and O–H groups in total. The van der Waals surface area contributed by atoms with Gasteiger partial charge in [0.1, 0.15) is 11.9 Å². The molecule has 2 nitrogen and oxygen atoms in total. The molecule has 0 saturated carbocycles. The van der Waals surface area contributed by atoms with Gasteiger partial charge in [-0.25, -0.2) is 9.18 Å². The first kappa shape index (κ1) is 7.28. The second kappa shape index (κ2) is 2.30. The van der Waals surface area contributed by atoms with Crippen molar-refractivity contribution in [1.29, 1.82) is 0 Å². The molecule has 1 aromatic rings. The van der Waals surface area contributed by atoms with E-state index in [1.165, 1.54) is 12.1 Å². The summed E-state index contributed by atoms with van der Waals surface area (Å²) in [5.41, 5.74) is 1.11. The Balaban J connectivity index is 2.60. The minimum absolute atomic E-state index is 0.243. The molecule has 3 heteroatoms. The zero-order chi connectivity index (χ0) is 8.72. The Bertz CT molecular complexity index is 346. The van der Waals surface area contributed by atoms with Crippen molar-refractivity contribution in [2.24, 2.45) is 0 Å². The predicted octanol–water partition coefficient (Wildman–Crippen LogP) is 2.06. The molecule has 0 fully saturated rings. The summed E-state index contributed by atoms with van der Waals surface area (Å²) in [6.07, 6.45) is -0.243. The maximum Gasteiger partial charge on any atom is 0.339 e. The number of carbonyl (C=O) groups excluding carboxylic acids is 1. The summed E-state index contributed by atoms with van der Waals surface area (Å²) < 4.78 is 17.5. The van der Waals surface area contributed by atoms with Gasteiger partial charge in [0.05, 0.1) is 5.56 Å². The van der Waals surface area contributed by atoms with Crippen LogP contribution in [0.1, 0.15) is 28.9 Å². The van der Waals surface area contributed by atoms with Gasteiger partial charge in [-0.15, -0.1) is 0 Å².